The van der Waals surface area contributed by atoms with Crippen molar-refractivity contribution in [1.29, 1.82) is 0 Å². The van der Waals surface area contributed by atoms with E-state index in [1.807, 2.05) is 24.3 Å². The van der Waals surface area contributed by atoms with Crippen LogP contribution < -0.4 is 5.73 Å². The smallest absolute Gasteiger partial charge is 0.257 e. The molecule has 2 aromatic rings. The second-order valence-electron chi connectivity index (χ2n) is 5.30. The predicted molar refractivity (Wildman–Crippen MR) is 78.5 cm³/mol. The molecule has 1 aromatic carbocycles. The van der Waals surface area contributed by atoms with Crippen molar-refractivity contribution in [3.05, 3.63) is 35.7 Å². The first-order valence-corrected chi connectivity index (χ1v) is 8.73. The van der Waals surface area contributed by atoms with Gasteiger partial charge in [-0.05, 0) is 37.1 Å². The number of benzene rings is 1. The van der Waals surface area contributed by atoms with Crippen LogP contribution in [-0.2, 0) is 16.3 Å². The monoisotopic (exact) mass is 307 g/mol. The van der Waals surface area contributed by atoms with E-state index in [4.69, 9.17) is 10.3 Å². The molecule has 1 aliphatic heterocycles. The summed E-state index contributed by atoms with van der Waals surface area (Å²) in [5.41, 5.74) is 7.50. The van der Waals surface area contributed by atoms with Crippen LogP contribution in [0, 0.1) is 0 Å². The lowest BCUT2D eigenvalue weighted by molar-refractivity contribution is 0.418. The van der Waals surface area contributed by atoms with Crippen LogP contribution in [-0.4, -0.2) is 36.6 Å². The van der Waals surface area contributed by atoms with Gasteiger partial charge in [0.05, 0.1) is 11.5 Å². The molecular formula is C14H17N3O3S. The quantitative estimate of drug-likeness (QED) is 0.909. The summed E-state index contributed by atoms with van der Waals surface area (Å²) >= 11 is 0. The third-order valence-corrected chi connectivity index (χ3v) is 5.41. The predicted octanol–water partition coefficient (Wildman–Crippen LogP) is 1.14. The number of aromatic nitrogens is 2. The molecule has 2 N–H and O–H groups in total. The molecule has 21 heavy (non-hydrogen) atoms. The van der Waals surface area contributed by atoms with Crippen molar-refractivity contribution >= 4 is 9.84 Å². The van der Waals surface area contributed by atoms with Gasteiger partial charge in [-0.2, -0.15) is 4.98 Å². The van der Waals surface area contributed by atoms with Crippen LogP contribution >= 0.6 is 0 Å². The maximum Gasteiger partial charge on any atom is 0.257 e. The van der Waals surface area contributed by atoms with Crippen LogP contribution in [0.15, 0.2) is 28.8 Å². The summed E-state index contributed by atoms with van der Waals surface area (Å²) in [5, 5.41) is 3.94. The van der Waals surface area contributed by atoms with Gasteiger partial charge in [0.2, 0.25) is 0 Å². The normalized spacial score (nSPS) is 20.7. The Hall–Kier alpha value is -1.73. The highest BCUT2D eigenvalue weighted by atomic mass is 32.2. The van der Waals surface area contributed by atoms with E-state index < -0.39 is 9.84 Å². The molecular weight excluding hydrogens is 290 g/mol. The fourth-order valence-corrected chi connectivity index (χ4v) is 4.28. The van der Waals surface area contributed by atoms with E-state index in [-0.39, 0.29) is 17.4 Å². The van der Waals surface area contributed by atoms with Crippen LogP contribution in [0.3, 0.4) is 0 Å². The second-order valence-corrected chi connectivity index (χ2v) is 7.53. The molecule has 1 aromatic heterocycles. The zero-order chi connectivity index (χ0) is 14.9. The fourth-order valence-electron chi connectivity index (χ4n) is 2.54. The zero-order valence-electron chi connectivity index (χ0n) is 11.5. The van der Waals surface area contributed by atoms with Gasteiger partial charge in [-0.25, -0.2) is 8.42 Å². The molecule has 7 heteroatoms. The Morgan fingerprint density at radius 3 is 2.95 bits per heavy atom. The van der Waals surface area contributed by atoms with Gasteiger partial charge in [0.1, 0.15) is 0 Å². The third-order valence-electron chi connectivity index (χ3n) is 3.65. The molecule has 1 saturated heterocycles. The summed E-state index contributed by atoms with van der Waals surface area (Å²) in [6.07, 6.45) is 1.35. The van der Waals surface area contributed by atoms with Gasteiger partial charge >= 0.3 is 0 Å². The summed E-state index contributed by atoms with van der Waals surface area (Å²) in [5.74, 6) is 1.07. The lowest BCUT2D eigenvalue weighted by Gasteiger charge is -2.00. The topological polar surface area (TPSA) is 99.1 Å². The molecule has 1 atom stereocenters. The molecule has 0 saturated carbocycles. The molecule has 1 fully saturated rings. The van der Waals surface area contributed by atoms with E-state index in [0.717, 1.165) is 17.5 Å². The first-order valence-electron chi connectivity index (χ1n) is 6.91. The van der Waals surface area contributed by atoms with Crippen molar-refractivity contribution in [2.75, 3.05) is 18.1 Å². The number of hydrogen-bond donors (Lipinski definition) is 1. The Morgan fingerprint density at radius 1 is 1.38 bits per heavy atom. The van der Waals surface area contributed by atoms with Gasteiger partial charge < -0.3 is 10.3 Å². The van der Waals surface area contributed by atoms with Crippen LogP contribution in [0.4, 0.5) is 0 Å². The van der Waals surface area contributed by atoms with Crippen molar-refractivity contribution in [2.24, 2.45) is 5.73 Å². The highest BCUT2D eigenvalue weighted by Gasteiger charge is 2.32. The minimum atomic E-state index is -2.95. The molecule has 0 radical (unpaired) electrons. The molecule has 3 rings (SSSR count). The van der Waals surface area contributed by atoms with Crippen molar-refractivity contribution in [1.82, 2.24) is 10.1 Å². The average molecular weight is 307 g/mol. The van der Waals surface area contributed by atoms with E-state index >= 15 is 0 Å². The first-order chi connectivity index (χ1) is 10.1. The Morgan fingerprint density at radius 2 is 2.24 bits per heavy atom. The van der Waals surface area contributed by atoms with E-state index in [0.29, 0.717) is 24.7 Å². The third kappa shape index (κ3) is 3.14. The number of rotatable bonds is 4. The molecule has 0 amide bonds. The van der Waals surface area contributed by atoms with Gasteiger partial charge in [-0.15, -0.1) is 0 Å². The van der Waals surface area contributed by atoms with E-state index in [2.05, 4.69) is 10.1 Å². The molecule has 0 spiro atoms. The van der Waals surface area contributed by atoms with Gasteiger partial charge in [-0.3, -0.25) is 0 Å². The minimum absolute atomic E-state index is 0.110. The summed E-state index contributed by atoms with van der Waals surface area (Å²) in [6, 6.07) is 7.78. The standard InChI is InChI=1S/C14H17N3O3S/c15-6-4-10-2-1-3-11(8-10)14-16-13(17-20-14)12-5-7-21(18,19)9-12/h1-3,8,12H,4-7,9,15H2. The summed E-state index contributed by atoms with van der Waals surface area (Å²) in [4.78, 5) is 4.36. The Bertz CT molecular complexity index is 739. The molecule has 0 bridgehead atoms. The first kappa shape index (κ1) is 14.2. The average Bonchev–Trinajstić information content (AvgIpc) is 3.06. The second kappa shape index (κ2) is 5.57. The van der Waals surface area contributed by atoms with Crippen molar-refractivity contribution in [2.45, 2.75) is 18.8 Å². The lowest BCUT2D eigenvalue weighted by atomic mass is 10.1. The highest BCUT2D eigenvalue weighted by Crippen LogP contribution is 2.28. The van der Waals surface area contributed by atoms with Gasteiger partial charge in [0.15, 0.2) is 15.7 Å². The Kier molecular flexibility index (Phi) is 3.77. The minimum Gasteiger partial charge on any atom is -0.334 e. The van der Waals surface area contributed by atoms with Crippen LogP contribution in [0.5, 0.6) is 0 Å². The van der Waals surface area contributed by atoms with E-state index in [9.17, 15) is 8.42 Å². The van der Waals surface area contributed by atoms with Crippen LogP contribution in [0.2, 0.25) is 0 Å². The number of sulfone groups is 1. The highest BCUT2D eigenvalue weighted by molar-refractivity contribution is 7.91. The maximum absolute atomic E-state index is 11.5. The number of nitrogens with two attached hydrogens (primary N) is 1. The van der Waals surface area contributed by atoms with Gasteiger partial charge in [-0.1, -0.05) is 17.3 Å². The van der Waals surface area contributed by atoms with Crippen molar-refractivity contribution < 1.29 is 12.9 Å². The Balaban J connectivity index is 1.83. The molecule has 0 aliphatic carbocycles. The Labute approximate surface area is 123 Å². The summed E-state index contributed by atoms with van der Waals surface area (Å²) in [7, 11) is -2.95. The zero-order valence-corrected chi connectivity index (χ0v) is 12.3. The van der Waals surface area contributed by atoms with Crippen LogP contribution in [0.1, 0.15) is 23.7 Å². The molecule has 1 aliphatic rings. The van der Waals surface area contributed by atoms with Crippen molar-refractivity contribution in [3.63, 3.8) is 0 Å². The molecule has 1 unspecified atom stereocenters. The molecule has 6 nitrogen and oxygen atoms in total. The molecule has 112 valence electrons. The number of nitrogens with zero attached hydrogens (tertiary/aromatic N) is 2. The maximum atomic E-state index is 11.5. The van der Waals surface area contributed by atoms with Gasteiger partial charge in [0.25, 0.3) is 5.89 Å². The van der Waals surface area contributed by atoms with E-state index in [1.165, 1.54) is 0 Å². The SMILES string of the molecule is NCCc1cccc(-c2nc(C3CCS(=O)(=O)C3)no2)c1. The van der Waals surface area contributed by atoms with Crippen molar-refractivity contribution in [3.8, 4) is 11.5 Å². The van der Waals surface area contributed by atoms with E-state index in [1.54, 1.807) is 0 Å². The summed E-state index contributed by atoms with van der Waals surface area (Å²) < 4.78 is 28.3. The number of hydrogen-bond acceptors (Lipinski definition) is 6. The largest absolute Gasteiger partial charge is 0.334 e. The van der Waals surface area contributed by atoms with Crippen LogP contribution in [0.25, 0.3) is 11.5 Å². The summed E-state index contributed by atoms with van der Waals surface area (Å²) in [6.45, 7) is 0.582. The molecule has 2 heterocycles. The lowest BCUT2D eigenvalue weighted by Crippen LogP contribution is -2.05. The fraction of sp³-hybridized carbons (Fsp3) is 0.429. The van der Waals surface area contributed by atoms with Gasteiger partial charge in [0, 0.05) is 11.5 Å².